The van der Waals surface area contributed by atoms with Crippen LogP contribution in [-0.2, 0) is 13.1 Å². The molecule has 0 atom stereocenters. The summed E-state index contributed by atoms with van der Waals surface area (Å²) < 4.78 is 2.18. The third-order valence-corrected chi connectivity index (χ3v) is 4.04. The van der Waals surface area contributed by atoms with Crippen LogP contribution >= 0.6 is 11.3 Å². The molecule has 2 heterocycles. The van der Waals surface area contributed by atoms with Gasteiger partial charge in [-0.15, -0.1) is 11.3 Å². The number of anilines is 1. The van der Waals surface area contributed by atoms with Crippen LogP contribution in [0.1, 0.15) is 12.5 Å². The summed E-state index contributed by atoms with van der Waals surface area (Å²) in [5.41, 5.74) is 3.59. The zero-order chi connectivity index (χ0) is 13.8. The van der Waals surface area contributed by atoms with Crippen molar-refractivity contribution < 1.29 is 0 Å². The Kier molecular flexibility index (Phi) is 3.83. The molecule has 1 N–H and O–H groups in total. The molecule has 0 aliphatic rings. The molecule has 0 unspecified atom stereocenters. The second kappa shape index (κ2) is 5.92. The van der Waals surface area contributed by atoms with Gasteiger partial charge in [-0.3, -0.25) is 0 Å². The molecular formula is C16H17N3S. The van der Waals surface area contributed by atoms with Gasteiger partial charge < -0.3 is 9.88 Å². The SMILES string of the molecule is CCn1ccc(CNc2cccc(-c3nccs3)c2)c1. The Morgan fingerprint density at radius 1 is 1.30 bits per heavy atom. The molecule has 1 aromatic carbocycles. The van der Waals surface area contributed by atoms with Crippen molar-refractivity contribution in [2.24, 2.45) is 0 Å². The fourth-order valence-corrected chi connectivity index (χ4v) is 2.76. The molecular weight excluding hydrogens is 266 g/mol. The van der Waals surface area contributed by atoms with Gasteiger partial charge in [0, 0.05) is 48.3 Å². The first kappa shape index (κ1) is 12.9. The van der Waals surface area contributed by atoms with E-state index in [1.165, 1.54) is 5.56 Å². The lowest BCUT2D eigenvalue weighted by atomic mass is 10.2. The van der Waals surface area contributed by atoms with Crippen LogP contribution in [0.4, 0.5) is 5.69 Å². The molecule has 0 fully saturated rings. The molecule has 4 heteroatoms. The molecule has 102 valence electrons. The third kappa shape index (κ3) is 2.91. The van der Waals surface area contributed by atoms with E-state index in [2.05, 4.69) is 64.5 Å². The Labute approximate surface area is 122 Å². The van der Waals surface area contributed by atoms with Crippen LogP contribution in [0.2, 0.25) is 0 Å². The molecule has 0 saturated carbocycles. The third-order valence-electron chi connectivity index (χ3n) is 3.22. The minimum absolute atomic E-state index is 0.842. The van der Waals surface area contributed by atoms with E-state index in [4.69, 9.17) is 0 Å². The van der Waals surface area contributed by atoms with Crippen molar-refractivity contribution in [2.75, 3.05) is 5.32 Å². The van der Waals surface area contributed by atoms with E-state index in [0.717, 1.165) is 29.3 Å². The van der Waals surface area contributed by atoms with Crippen LogP contribution in [0.5, 0.6) is 0 Å². The van der Waals surface area contributed by atoms with Gasteiger partial charge in [0.2, 0.25) is 0 Å². The van der Waals surface area contributed by atoms with E-state index in [-0.39, 0.29) is 0 Å². The molecule has 20 heavy (non-hydrogen) atoms. The first-order valence-electron chi connectivity index (χ1n) is 6.73. The summed E-state index contributed by atoms with van der Waals surface area (Å²) in [6.07, 6.45) is 6.13. The van der Waals surface area contributed by atoms with Crippen molar-refractivity contribution in [3.8, 4) is 10.6 Å². The van der Waals surface area contributed by atoms with E-state index in [1.807, 2.05) is 11.6 Å². The zero-order valence-electron chi connectivity index (χ0n) is 11.4. The lowest BCUT2D eigenvalue weighted by Gasteiger charge is -2.06. The van der Waals surface area contributed by atoms with E-state index >= 15 is 0 Å². The minimum atomic E-state index is 0.842. The summed E-state index contributed by atoms with van der Waals surface area (Å²) in [6, 6.07) is 10.6. The van der Waals surface area contributed by atoms with Crippen LogP contribution in [0, 0.1) is 0 Å². The van der Waals surface area contributed by atoms with Crippen molar-refractivity contribution in [1.82, 2.24) is 9.55 Å². The minimum Gasteiger partial charge on any atom is -0.381 e. The van der Waals surface area contributed by atoms with Crippen molar-refractivity contribution >= 4 is 17.0 Å². The molecule has 0 aliphatic heterocycles. The molecule has 3 rings (SSSR count). The number of rotatable bonds is 5. The van der Waals surface area contributed by atoms with Crippen molar-refractivity contribution in [3.05, 3.63) is 59.9 Å². The number of hydrogen-bond acceptors (Lipinski definition) is 3. The number of hydrogen-bond donors (Lipinski definition) is 1. The molecule has 3 aromatic rings. The van der Waals surface area contributed by atoms with Crippen molar-refractivity contribution in [1.29, 1.82) is 0 Å². The maximum Gasteiger partial charge on any atom is 0.123 e. The van der Waals surface area contributed by atoms with Gasteiger partial charge in [-0.25, -0.2) is 4.98 Å². The quantitative estimate of drug-likeness (QED) is 0.759. The van der Waals surface area contributed by atoms with Crippen LogP contribution in [0.25, 0.3) is 10.6 Å². The monoisotopic (exact) mass is 283 g/mol. The molecule has 0 spiro atoms. The maximum atomic E-state index is 4.35. The predicted molar refractivity (Wildman–Crippen MR) is 85.0 cm³/mol. The number of nitrogens with zero attached hydrogens (tertiary/aromatic N) is 2. The fraction of sp³-hybridized carbons (Fsp3) is 0.188. The summed E-state index contributed by atoms with van der Waals surface area (Å²) in [4.78, 5) is 4.35. The number of thiazole rings is 1. The highest BCUT2D eigenvalue weighted by Gasteiger charge is 2.02. The summed E-state index contributed by atoms with van der Waals surface area (Å²) in [5, 5.41) is 6.53. The second-order valence-corrected chi connectivity index (χ2v) is 5.52. The van der Waals surface area contributed by atoms with Gasteiger partial charge in [0.15, 0.2) is 0 Å². The van der Waals surface area contributed by atoms with Crippen molar-refractivity contribution in [2.45, 2.75) is 20.0 Å². The predicted octanol–water partition coefficient (Wildman–Crippen LogP) is 4.24. The smallest absolute Gasteiger partial charge is 0.123 e. The number of aryl methyl sites for hydroxylation is 1. The second-order valence-electron chi connectivity index (χ2n) is 4.62. The van der Waals surface area contributed by atoms with Crippen LogP contribution in [0.3, 0.4) is 0 Å². The van der Waals surface area contributed by atoms with Gasteiger partial charge in [-0.1, -0.05) is 12.1 Å². The first-order chi connectivity index (χ1) is 9.85. The van der Waals surface area contributed by atoms with Gasteiger partial charge in [0.25, 0.3) is 0 Å². The van der Waals surface area contributed by atoms with Gasteiger partial charge in [0.05, 0.1) is 0 Å². The lowest BCUT2D eigenvalue weighted by Crippen LogP contribution is -1.98. The molecule has 2 aromatic heterocycles. The Bertz CT molecular complexity index is 671. The highest BCUT2D eigenvalue weighted by atomic mass is 32.1. The average Bonchev–Trinajstić information content (AvgIpc) is 3.17. The van der Waals surface area contributed by atoms with Crippen LogP contribution in [-0.4, -0.2) is 9.55 Å². The molecule has 0 bridgehead atoms. The van der Waals surface area contributed by atoms with Crippen molar-refractivity contribution in [3.63, 3.8) is 0 Å². The summed E-state index contributed by atoms with van der Waals surface area (Å²) in [6.45, 7) is 4.00. The molecule has 3 nitrogen and oxygen atoms in total. The Morgan fingerprint density at radius 2 is 2.25 bits per heavy atom. The zero-order valence-corrected chi connectivity index (χ0v) is 12.2. The number of aromatic nitrogens is 2. The molecule has 0 aliphatic carbocycles. The topological polar surface area (TPSA) is 29.9 Å². The van der Waals surface area contributed by atoms with Gasteiger partial charge in [-0.05, 0) is 30.7 Å². The molecule has 0 amide bonds. The Balaban J connectivity index is 1.70. The first-order valence-corrected chi connectivity index (χ1v) is 7.61. The van der Waals surface area contributed by atoms with E-state index in [1.54, 1.807) is 11.3 Å². The average molecular weight is 283 g/mol. The van der Waals surface area contributed by atoms with Gasteiger partial charge >= 0.3 is 0 Å². The fourth-order valence-electron chi connectivity index (χ4n) is 2.12. The van der Waals surface area contributed by atoms with Gasteiger partial charge in [-0.2, -0.15) is 0 Å². The summed E-state index contributed by atoms with van der Waals surface area (Å²) >= 11 is 1.66. The lowest BCUT2D eigenvalue weighted by molar-refractivity contribution is 0.766. The van der Waals surface area contributed by atoms with Crippen LogP contribution < -0.4 is 5.32 Å². The van der Waals surface area contributed by atoms with E-state index in [0.29, 0.717) is 0 Å². The normalized spacial score (nSPS) is 10.7. The van der Waals surface area contributed by atoms with E-state index < -0.39 is 0 Å². The highest BCUT2D eigenvalue weighted by molar-refractivity contribution is 7.13. The molecule has 0 saturated heterocycles. The van der Waals surface area contributed by atoms with Crippen LogP contribution in [0.15, 0.2) is 54.3 Å². The Hall–Kier alpha value is -2.07. The largest absolute Gasteiger partial charge is 0.381 e. The summed E-state index contributed by atoms with van der Waals surface area (Å²) in [7, 11) is 0. The number of benzene rings is 1. The standard InChI is InChI=1S/C16H17N3S/c1-2-19-8-6-13(12-19)11-18-15-5-3-4-14(10-15)16-17-7-9-20-16/h3-10,12,18H,2,11H2,1H3. The van der Waals surface area contributed by atoms with Gasteiger partial charge in [0.1, 0.15) is 5.01 Å². The maximum absolute atomic E-state index is 4.35. The Morgan fingerprint density at radius 3 is 3.00 bits per heavy atom. The number of nitrogens with one attached hydrogen (secondary N) is 1. The summed E-state index contributed by atoms with van der Waals surface area (Å²) in [5.74, 6) is 0. The highest BCUT2D eigenvalue weighted by Crippen LogP contribution is 2.24. The molecule has 0 radical (unpaired) electrons. The van der Waals surface area contributed by atoms with E-state index in [9.17, 15) is 0 Å².